The van der Waals surface area contributed by atoms with Crippen LogP contribution in [0.25, 0.3) is 11.0 Å². The van der Waals surface area contributed by atoms with Crippen molar-refractivity contribution >= 4 is 16.9 Å². The molecule has 0 aliphatic carbocycles. The first kappa shape index (κ1) is 15.9. The molecule has 1 amide bonds. The number of fused-ring (bicyclic) bond motifs is 1. The van der Waals surface area contributed by atoms with E-state index in [-0.39, 0.29) is 17.2 Å². The van der Waals surface area contributed by atoms with Gasteiger partial charge < -0.3 is 9.88 Å². The highest BCUT2D eigenvalue weighted by molar-refractivity contribution is 5.92. The van der Waals surface area contributed by atoms with Crippen molar-refractivity contribution in [2.45, 2.75) is 26.3 Å². The summed E-state index contributed by atoms with van der Waals surface area (Å²) in [6, 6.07) is 8.62. The summed E-state index contributed by atoms with van der Waals surface area (Å²) >= 11 is 0. The summed E-state index contributed by atoms with van der Waals surface area (Å²) < 4.78 is 2.09. The highest BCUT2D eigenvalue weighted by atomic mass is 16.2. The Balaban J connectivity index is 1.77. The van der Waals surface area contributed by atoms with Gasteiger partial charge in [0.2, 0.25) is 0 Å². The van der Waals surface area contributed by atoms with Gasteiger partial charge in [-0.15, -0.1) is 0 Å². The maximum atomic E-state index is 12.0. The van der Waals surface area contributed by atoms with Gasteiger partial charge in [-0.3, -0.25) is 9.59 Å². The Hall–Kier alpha value is -2.96. The van der Waals surface area contributed by atoms with Crippen molar-refractivity contribution in [2.24, 2.45) is 7.05 Å². The number of hydrogen-bond donors (Lipinski definition) is 2. The zero-order valence-electron chi connectivity index (χ0n) is 13.8. The Bertz CT molecular complexity index is 935. The molecule has 0 fully saturated rings. The third-order valence-corrected chi connectivity index (χ3v) is 3.86. The fraction of sp³-hybridized carbons (Fsp3) is 0.294. The van der Waals surface area contributed by atoms with E-state index in [0.717, 1.165) is 22.4 Å². The fourth-order valence-corrected chi connectivity index (χ4v) is 2.63. The van der Waals surface area contributed by atoms with Crippen LogP contribution in [-0.4, -0.2) is 25.7 Å². The van der Waals surface area contributed by atoms with Crippen molar-refractivity contribution in [3.8, 4) is 0 Å². The Labute approximate surface area is 138 Å². The van der Waals surface area contributed by atoms with Gasteiger partial charge in [0, 0.05) is 25.6 Å². The number of carbonyl (C=O) groups is 1. The van der Waals surface area contributed by atoms with Gasteiger partial charge in [-0.2, -0.15) is 5.10 Å². The van der Waals surface area contributed by atoms with Crippen LogP contribution in [0.3, 0.4) is 0 Å². The zero-order valence-corrected chi connectivity index (χ0v) is 13.8. The second-order valence-electron chi connectivity index (χ2n) is 6.00. The number of carbonyl (C=O) groups excluding carboxylic acids is 1. The van der Waals surface area contributed by atoms with Crippen LogP contribution < -0.4 is 10.9 Å². The molecule has 0 unspecified atom stereocenters. The van der Waals surface area contributed by atoms with Crippen molar-refractivity contribution in [1.82, 2.24) is 25.1 Å². The smallest absolute Gasteiger partial charge is 0.271 e. The number of imidazole rings is 1. The van der Waals surface area contributed by atoms with Gasteiger partial charge in [0.25, 0.3) is 11.5 Å². The molecule has 0 bridgehead atoms. The fourth-order valence-electron chi connectivity index (χ4n) is 2.63. The van der Waals surface area contributed by atoms with Crippen molar-refractivity contribution in [3.63, 3.8) is 0 Å². The first-order valence-corrected chi connectivity index (χ1v) is 7.75. The summed E-state index contributed by atoms with van der Waals surface area (Å²) in [5, 5.41) is 8.74. The molecular formula is C17H19N5O2. The van der Waals surface area contributed by atoms with E-state index in [1.54, 1.807) is 0 Å². The maximum absolute atomic E-state index is 12.0. The second-order valence-corrected chi connectivity index (χ2v) is 6.00. The Morgan fingerprint density at radius 2 is 2.08 bits per heavy atom. The number of nitrogens with zero attached hydrogens (tertiary/aromatic N) is 3. The minimum Gasteiger partial charge on any atom is -0.347 e. The molecule has 0 atom stereocenters. The van der Waals surface area contributed by atoms with E-state index in [0.29, 0.717) is 12.5 Å². The molecule has 124 valence electrons. The number of H-pyrrole nitrogens is 1. The van der Waals surface area contributed by atoms with E-state index in [9.17, 15) is 9.59 Å². The predicted molar refractivity (Wildman–Crippen MR) is 90.8 cm³/mol. The van der Waals surface area contributed by atoms with Gasteiger partial charge in [-0.25, -0.2) is 10.1 Å². The molecule has 3 rings (SSSR count). The molecule has 7 nitrogen and oxygen atoms in total. The van der Waals surface area contributed by atoms with Crippen LogP contribution in [0, 0.1) is 0 Å². The topological polar surface area (TPSA) is 92.7 Å². The lowest BCUT2D eigenvalue weighted by Crippen LogP contribution is -2.25. The van der Waals surface area contributed by atoms with Crippen LogP contribution in [0.2, 0.25) is 0 Å². The van der Waals surface area contributed by atoms with Crippen LogP contribution in [-0.2, 0) is 13.6 Å². The number of amides is 1. The highest BCUT2D eigenvalue weighted by Crippen LogP contribution is 2.21. The molecular weight excluding hydrogens is 306 g/mol. The van der Waals surface area contributed by atoms with Crippen molar-refractivity contribution in [1.29, 1.82) is 0 Å². The SMILES string of the molecule is CC(C)c1nc2cc(CNC(=O)c3ccc(=O)[nH]n3)ccc2n1C. The van der Waals surface area contributed by atoms with E-state index in [1.807, 2.05) is 25.2 Å². The summed E-state index contributed by atoms with van der Waals surface area (Å²) in [5.74, 6) is 1.04. The average Bonchev–Trinajstić information content (AvgIpc) is 2.90. The monoisotopic (exact) mass is 325 g/mol. The molecule has 0 saturated heterocycles. The first-order chi connectivity index (χ1) is 11.5. The number of aromatic nitrogens is 4. The maximum Gasteiger partial charge on any atom is 0.271 e. The third kappa shape index (κ3) is 3.05. The largest absolute Gasteiger partial charge is 0.347 e. The summed E-state index contributed by atoms with van der Waals surface area (Å²) in [6.45, 7) is 4.59. The van der Waals surface area contributed by atoms with E-state index >= 15 is 0 Å². The van der Waals surface area contributed by atoms with E-state index in [4.69, 9.17) is 0 Å². The zero-order chi connectivity index (χ0) is 17.3. The van der Waals surface area contributed by atoms with E-state index < -0.39 is 0 Å². The number of benzene rings is 1. The summed E-state index contributed by atoms with van der Waals surface area (Å²) in [6.07, 6.45) is 0. The minimum absolute atomic E-state index is 0.176. The van der Waals surface area contributed by atoms with Gasteiger partial charge in [0.1, 0.15) is 11.5 Å². The average molecular weight is 325 g/mol. The highest BCUT2D eigenvalue weighted by Gasteiger charge is 2.12. The van der Waals surface area contributed by atoms with Crippen LogP contribution in [0.5, 0.6) is 0 Å². The molecule has 3 aromatic rings. The molecule has 0 aliphatic rings. The van der Waals surface area contributed by atoms with Crippen molar-refractivity contribution < 1.29 is 4.79 Å². The number of rotatable bonds is 4. The quantitative estimate of drug-likeness (QED) is 0.764. The van der Waals surface area contributed by atoms with Crippen LogP contribution in [0.1, 0.15) is 41.6 Å². The molecule has 0 aliphatic heterocycles. The first-order valence-electron chi connectivity index (χ1n) is 7.75. The van der Waals surface area contributed by atoms with Crippen LogP contribution >= 0.6 is 0 Å². The van der Waals surface area contributed by atoms with E-state index in [2.05, 4.69) is 38.9 Å². The van der Waals surface area contributed by atoms with Gasteiger partial charge in [0.15, 0.2) is 0 Å². The summed E-state index contributed by atoms with van der Waals surface area (Å²) in [7, 11) is 2.01. The van der Waals surface area contributed by atoms with Gasteiger partial charge >= 0.3 is 0 Å². The van der Waals surface area contributed by atoms with Crippen LogP contribution in [0.15, 0.2) is 35.1 Å². The lowest BCUT2D eigenvalue weighted by Gasteiger charge is -2.05. The minimum atomic E-state index is -0.340. The van der Waals surface area contributed by atoms with Gasteiger partial charge in [0.05, 0.1) is 11.0 Å². The summed E-state index contributed by atoms with van der Waals surface area (Å²) in [5.41, 5.74) is 2.77. The van der Waals surface area contributed by atoms with E-state index in [1.165, 1.54) is 12.1 Å². The van der Waals surface area contributed by atoms with Gasteiger partial charge in [-0.05, 0) is 23.8 Å². The van der Waals surface area contributed by atoms with Crippen molar-refractivity contribution in [3.05, 3.63) is 57.8 Å². The Morgan fingerprint density at radius 1 is 1.29 bits per heavy atom. The number of nitrogens with one attached hydrogen (secondary N) is 2. The van der Waals surface area contributed by atoms with Crippen molar-refractivity contribution in [2.75, 3.05) is 0 Å². The number of aromatic amines is 1. The second kappa shape index (κ2) is 6.27. The normalized spacial score (nSPS) is 11.2. The number of aryl methyl sites for hydroxylation is 1. The van der Waals surface area contributed by atoms with Gasteiger partial charge in [-0.1, -0.05) is 19.9 Å². The summed E-state index contributed by atoms with van der Waals surface area (Å²) in [4.78, 5) is 27.7. The molecule has 7 heteroatoms. The number of hydrogen-bond acceptors (Lipinski definition) is 4. The molecule has 2 N–H and O–H groups in total. The lowest BCUT2D eigenvalue weighted by molar-refractivity contribution is 0.0945. The molecule has 0 spiro atoms. The predicted octanol–water partition coefficient (Wildman–Crippen LogP) is 1.71. The molecule has 24 heavy (non-hydrogen) atoms. The molecule has 0 saturated carbocycles. The molecule has 2 heterocycles. The molecule has 0 radical (unpaired) electrons. The Kier molecular flexibility index (Phi) is 4.16. The Morgan fingerprint density at radius 3 is 2.75 bits per heavy atom. The van der Waals surface area contributed by atoms with Crippen LogP contribution in [0.4, 0.5) is 0 Å². The standard InChI is InChI=1S/C17H19N5O2/c1-10(2)16-19-13-8-11(4-6-14(13)22(16)3)9-18-17(24)12-5-7-15(23)21-20-12/h4-8,10H,9H2,1-3H3,(H,18,24)(H,21,23). The lowest BCUT2D eigenvalue weighted by atomic mass is 10.2. The molecule has 2 aromatic heterocycles. The third-order valence-electron chi connectivity index (χ3n) is 3.86. The molecule has 1 aromatic carbocycles.